The standard InChI is InChI=1S/C10H18BrFO3/c1-2-15-10(14)9(12)7-8(11)5-3-4-6-13/h8-9,13H,2-7H2,1H3/t8?,9-/m0/s1. The number of halogens is 2. The molecule has 15 heavy (non-hydrogen) atoms. The minimum Gasteiger partial charge on any atom is -0.464 e. The molecule has 0 radical (unpaired) electrons. The van der Waals surface area contributed by atoms with Crippen molar-refractivity contribution in [1.29, 1.82) is 0 Å². The Hall–Kier alpha value is -0.160. The lowest BCUT2D eigenvalue weighted by Gasteiger charge is -2.12. The van der Waals surface area contributed by atoms with Crippen molar-refractivity contribution < 1.29 is 19.0 Å². The maximum atomic E-state index is 13.2. The second-order valence-corrected chi connectivity index (χ2v) is 4.57. The smallest absolute Gasteiger partial charge is 0.340 e. The number of hydrogen-bond acceptors (Lipinski definition) is 3. The Kier molecular flexibility index (Phi) is 9.00. The molecule has 0 spiro atoms. The number of unbranched alkanes of at least 4 members (excludes halogenated alkanes) is 1. The number of alkyl halides is 2. The van der Waals surface area contributed by atoms with Crippen molar-refractivity contribution in [2.75, 3.05) is 13.2 Å². The van der Waals surface area contributed by atoms with Crippen molar-refractivity contribution in [3.05, 3.63) is 0 Å². The molecule has 0 bridgehead atoms. The van der Waals surface area contributed by atoms with Crippen LogP contribution in [-0.4, -0.2) is 35.3 Å². The van der Waals surface area contributed by atoms with E-state index in [-0.39, 0.29) is 24.5 Å². The maximum absolute atomic E-state index is 13.2. The van der Waals surface area contributed by atoms with Gasteiger partial charge in [-0.1, -0.05) is 22.4 Å². The monoisotopic (exact) mass is 284 g/mol. The summed E-state index contributed by atoms with van der Waals surface area (Å²) in [5.41, 5.74) is 0. The zero-order valence-electron chi connectivity index (χ0n) is 8.92. The number of ether oxygens (including phenoxy) is 1. The summed E-state index contributed by atoms with van der Waals surface area (Å²) in [4.78, 5) is 10.9. The Morgan fingerprint density at radius 3 is 2.73 bits per heavy atom. The second kappa shape index (κ2) is 9.09. The average Bonchev–Trinajstić information content (AvgIpc) is 2.18. The molecule has 0 aromatic rings. The zero-order valence-corrected chi connectivity index (χ0v) is 10.5. The molecule has 90 valence electrons. The van der Waals surface area contributed by atoms with Gasteiger partial charge in [-0.05, 0) is 19.8 Å². The highest BCUT2D eigenvalue weighted by molar-refractivity contribution is 9.09. The van der Waals surface area contributed by atoms with Gasteiger partial charge in [0.15, 0.2) is 6.17 Å². The highest BCUT2D eigenvalue weighted by Crippen LogP contribution is 2.18. The molecule has 5 heteroatoms. The van der Waals surface area contributed by atoms with Crippen LogP contribution in [0.1, 0.15) is 32.6 Å². The van der Waals surface area contributed by atoms with E-state index >= 15 is 0 Å². The third-order valence-corrected chi connectivity index (χ3v) is 2.76. The lowest BCUT2D eigenvalue weighted by molar-refractivity contribution is -0.149. The van der Waals surface area contributed by atoms with Crippen LogP contribution in [0.5, 0.6) is 0 Å². The maximum Gasteiger partial charge on any atom is 0.340 e. The normalized spacial score (nSPS) is 14.7. The number of esters is 1. The van der Waals surface area contributed by atoms with Crippen molar-refractivity contribution in [2.24, 2.45) is 0 Å². The fourth-order valence-corrected chi connectivity index (χ4v) is 1.80. The van der Waals surface area contributed by atoms with E-state index in [2.05, 4.69) is 20.7 Å². The van der Waals surface area contributed by atoms with Crippen LogP contribution < -0.4 is 0 Å². The van der Waals surface area contributed by atoms with Gasteiger partial charge in [-0.2, -0.15) is 0 Å². The summed E-state index contributed by atoms with van der Waals surface area (Å²) in [5.74, 6) is -0.788. The summed E-state index contributed by atoms with van der Waals surface area (Å²) in [7, 11) is 0. The van der Waals surface area contributed by atoms with Crippen LogP contribution >= 0.6 is 15.9 Å². The topological polar surface area (TPSA) is 46.5 Å². The Morgan fingerprint density at radius 1 is 1.53 bits per heavy atom. The molecule has 0 saturated heterocycles. The number of rotatable bonds is 8. The quantitative estimate of drug-likeness (QED) is 0.422. The van der Waals surface area contributed by atoms with Gasteiger partial charge >= 0.3 is 5.97 Å². The Labute approximate surface area is 98.1 Å². The van der Waals surface area contributed by atoms with Gasteiger partial charge in [0.25, 0.3) is 0 Å². The van der Waals surface area contributed by atoms with E-state index in [0.717, 1.165) is 12.8 Å². The van der Waals surface area contributed by atoms with Crippen molar-refractivity contribution in [3.63, 3.8) is 0 Å². The van der Waals surface area contributed by atoms with Crippen LogP contribution in [0, 0.1) is 0 Å². The molecule has 0 aromatic heterocycles. The van der Waals surface area contributed by atoms with Crippen LogP contribution in [0.4, 0.5) is 4.39 Å². The lowest BCUT2D eigenvalue weighted by atomic mass is 10.1. The highest BCUT2D eigenvalue weighted by atomic mass is 79.9. The molecule has 0 aliphatic carbocycles. The predicted octanol–water partition coefficient (Wildman–Crippen LogP) is 2.20. The van der Waals surface area contributed by atoms with Crippen molar-refractivity contribution in [2.45, 2.75) is 43.6 Å². The van der Waals surface area contributed by atoms with E-state index in [9.17, 15) is 9.18 Å². The molecule has 0 heterocycles. The molecule has 0 amide bonds. The number of aliphatic hydroxyl groups excluding tert-OH is 1. The first kappa shape index (κ1) is 14.8. The van der Waals surface area contributed by atoms with Gasteiger partial charge in [-0.25, -0.2) is 9.18 Å². The molecule has 0 aromatic carbocycles. The first-order valence-electron chi connectivity index (χ1n) is 5.17. The van der Waals surface area contributed by atoms with E-state index in [4.69, 9.17) is 5.11 Å². The van der Waals surface area contributed by atoms with E-state index in [1.807, 2.05) is 0 Å². The molecule has 0 fully saturated rings. The van der Waals surface area contributed by atoms with Gasteiger partial charge < -0.3 is 9.84 Å². The van der Waals surface area contributed by atoms with Crippen molar-refractivity contribution in [1.82, 2.24) is 0 Å². The fraction of sp³-hybridized carbons (Fsp3) is 0.900. The third-order valence-electron chi connectivity index (χ3n) is 1.93. The van der Waals surface area contributed by atoms with Gasteiger partial charge in [-0.15, -0.1) is 0 Å². The van der Waals surface area contributed by atoms with Crippen molar-refractivity contribution >= 4 is 21.9 Å². The highest BCUT2D eigenvalue weighted by Gasteiger charge is 2.21. The molecule has 0 aliphatic rings. The molecule has 3 nitrogen and oxygen atoms in total. The first-order chi connectivity index (χ1) is 7.11. The number of carbonyl (C=O) groups is 1. The van der Waals surface area contributed by atoms with E-state index in [1.165, 1.54) is 0 Å². The number of carbonyl (C=O) groups excluding carboxylic acids is 1. The molecular weight excluding hydrogens is 267 g/mol. The lowest BCUT2D eigenvalue weighted by Crippen LogP contribution is -2.22. The molecular formula is C10H18BrFO3. The predicted molar refractivity (Wildman–Crippen MR) is 59.8 cm³/mol. The Morgan fingerprint density at radius 2 is 2.20 bits per heavy atom. The molecule has 1 N–H and O–H groups in total. The van der Waals surface area contributed by atoms with Gasteiger partial charge in [0.1, 0.15) is 0 Å². The summed E-state index contributed by atoms with van der Waals surface area (Å²) in [6.07, 6.45) is 0.855. The van der Waals surface area contributed by atoms with Crippen molar-refractivity contribution in [3.8, 4) is 0 Å². The minimum absolute atomic E-state index is 0.0385. The largest absolute Gasteiger partial charge is 0.464 e. The first-order valence-corrected chi connectivity index (χ1v) is 6.09. The van der Waals surface area contributed by atoms with E-state index in [1.54, 1.807) is 6.92 Å². The van der Waals surface area contributed by atoms with Crippen LogP contribution in [0.2, 0.25) is 0 Å². The van der Waals surface area contributed by atoms with Crippen LogP contribution in [0.15, 0.2) is 0 Å². The van der Waals surface area contributed by atoms with E-state index in [0.29, 0.717) is 6.42 Å². The molecule has 0 saturated carbocycles. The molecule has 0 aliphatic heterocycles. The van der Waals surface area contributed by atoms with Gasteiger partial charge in [0.05, 0.1) is 6.61 Å². The summed E-state index contributed by atoms with van der Waals surface area (Å²) in [6, 6.07) is 0. The van der Waals surface area contributed by atoms with Crippen LogP contribution in [0.25, 0.3) is 0 Å². The second-order valence-electron chi connectivity index (χ2n) is 3.27. The van der Waals surface area contributed by atoms with Crippen LogP contribution in [0.3, 0.4) is 0 Å². The zero-order chi connectivity index (χ0) is 11.7. The number of aliphatic hydroxyl groups is 1. The Balaban J connectivity index is 3.65. The number of hydrogen-bond donors (Lipinski definition) is 1. The van der Waals surface area contributed by atoms with Gasteiger partial charge in [0.2, 0.25) is 0 Å². The van der Waals surface area contributed by atoms with Crippen LogP contribution in [-0.2, 0) is 9.53 Å². The summed E-state index contributed by atoms with van der Waals surface area (Å²) >= 11 is 3.30. The summed E-state index contributed by atoms with van der Waals surface area (Å²) < 4.78 is 17.7. The molecule has 2 atom stereocenters. The summed E-state index contributed by atoms with van der Waals surface area (Å²) in [6.45, 7) is 2.00. The average molecular weight is 285 g/mol. The molecule has 1 unspecified atom stereocenters. The SMILES string of the molecule is CCOC(=O)[C@@H](F)CC(Br)CCCCO. The van der Waals surface area contributed by atoms with Gasteiger partial charge in [-0.3, -0.25) is 0 Å². The fourth-order valence-electron chi connectivity index (χ4n) is 1.15. The summed E-state index contributed by atoms with van der Waals surface area (Å²) in [5, 5.41) is 8.56. The third kappa shape index (κ3) is 7.73. The molecule has 0 rings (SSSR count). The van der Waals surface area contributed by atoms with Gasteiger partial charge in [0, 0.05) is 17.9 Å². The van der Waals surface area contributed by atoms with E-state index < -0.39 is 12.1 Å². The Bertz CT molecular complexity index is 178. The minimum atomic E-state index is -1.55.